The molecule has 0 aromatic heterocycles. The smallest absolute Gasteiger partial charge is 0.435 e. The topological polar surface area (TPSA) is 47.9 Å². The molecule has 0 unspecified atom stereocenters. The van der Waals surface area contributed by atoms with E-state index >= 15 is 0 Å². The van der Waals surface area contributed by atoms with Gasteiger partial charge in [0, 0.05) is 6.61 Å². The molecule has 5 atom stereocenters. The quantitative estimate of drug-likeness (QED) is 0.189. The molecule has 4 nitrogen and oxygen atoms in total. The second-order valence-electron chi connectivity index (χ2n) is 13.3. The molecule has 0 bridgehead atoms. The summed E-state index contributed by atoms with van der Waals surface area (Å²) in [5, 5.41) is 9.38. The van der Waals surface area contributed by atoms with Crippen LogP contribution in [0, 0.1) is 23.2 Å². The van der Waals surface area contributed by atoms with Crippen LogP contribution in [0.15, 0.2) is 42.5 Å². The first-order valence-electron chi connectivity index (χ1n) is 16.0. The number of aryl methyl sites for hydroxylation is 1. The van der Waals surface area contributed by atoms with E-state index < -0.39 is 30.7 Å². The molecule has 3 aliphatic carbocycles. The molecule has 2 fully saturated rings. The van der Waals surface area contributed by atoms with Gasteiger partial charge in [0.1, 0.15) is 30.5 Å². The van der Waals surface area contributed by atoms with Gasteiger partial charge in [-0.1, -0.05) is 19.4 Å². The Morgan fingerprint density at radius 2 is 1.36 bits per heavy atom. The number of hydrogen-bond donors (Lipinski definition) is 1. The normalized spacial score (nSPS) is 26.3. The molecular weight excluding hydrogens is 643 g/mol. The zero-order valence-electron chi connectivity index (χ0n) is 25.9. The van der Waals surface area contributed by atoms with Crippen molar-refractivity contribution in [2.75, 3.05) is 19.8 Å². The first-order valence-corrected chi connectivity index (χ1v) is 16.0. The van der Waals surface area contributed by atoms with Crippen LogP contribution < -0.4 is 9.47 Å². The number of phenols is 1. The Labute approximate surface area is 267 Å². The van der Waals surface area contributed by atoms with Crippen molar-refractivity contribution in [3.05, 3.63) is 53.6 Å². The molecule has 2 aromatic rings. The van der Waals surface area contributed by atoms with Crippen LogP contribution in [-0.2, 0) is 11.2 Å². The molecule has 0 saturated heterocycles. The van der Waals surface area contributed by atoms with Gasteiger partial charge in [-0.3, -0.25) is 0 Å². The van der Waals surface area contributed by atoms with E-state index in [9.17, 15) is 44.6 Å². The fourth-order valence-corrected chi connectivity index (χ4v) is 8.54. The summed E-state index contributed by atoms with van der Waals surface area (Å²) in [6, 6.07) is 12.6. The highest BCUT2D eigenvalue weighted by Gasteiger charge is 2.85. The second kappa shape index (κ2) is 13.2. The molecule has 0 aliphatic heterocycles. The van der Waals surface area contributed by atoms with Crippen LogP contribution in [0.3, 0.4) is 0 Å². The van der Waals surface area contributed by atoms with Gasteiger partial charge in [0.2, 0.25) is 0 Å². The summed E-state index contributed by atoms with van der Waals surface area (Å²) >= 11 is 0. The van der Waals surface area contributed by atoms with Crippen molar-refractivity contribution in [1.29, 1.82) is 0 Å². The van der Waals surface area contributed by atoms with Crippen molar-refractivity contribution in [3.8, 4) is 17.2 Å². The maximum Gasteiger partial charge on any atom is 0.435 e. The lowest BCUT2D eigenvalue weighted by Crippen LogP contribution is -2.67. The number of rotatable bonds is 11. The average Bonchev–Trinajstić information content (AvgIpc) is 3.31. The Hall–Kier alpha value is -2.83. The van der Waals surface area contributed by atoms with Crippen molar-refractivity contribution in [2.45, 2.75) is 94.8 Å². The van der Waals surface area contributed by atoms with Crippen LogP contribution in [0.1, 0.15) is 75.3 Å². The van der Waals surface area contributed by atoms with Gasteiger partial charge in [-0.15, -0.1) is 0 Å². The minimum atomic E-state index is -6.70. The van der Waals surface area contributed by atoms with Crippen molar-refractivity contribution in [3.63, 3.8) is 0 Å². The summed E-state index contributed by atoms with van der Waals surface area (Å²) in [5.41, 5.74) is -3.68. The molecule has 5 rings (SSSR count). The van der Waals surface area contributed by atoms with Crippen LogP contribution in [0.2, 0.25) is 0 Å². The molecule has 0 spiro atoms. The molecule has 0 radical (unpaired) electrons. The van der Waals surface area contributed by atoms with Crippen LogP contribution in [0.5, 0.6) is 17.2 Å². The molecule has 47 heavy (non-hydrogen) atoms. The molecular formula is C34H39F9O4. The number of hydrogen-bond acceptors (Lipinski definition) is 4. The van der Waals surface area contributed by atoms with Crippen LogP contribution in [0.25, 0.3) is 0 Å². The Bertz CT molecular complexity index is 1320. The number of phenolic OH excluding ortho intramolecular Hbond substituents is 1. The van der Waals surface area contributed by atoms with Crippen LogP contribution in [-0.4, -0.2) is 49.1 Å². The summed E-state index contributed by atoms with van der Waals surface area (Å²) < 4.78 is 134. The average molecular weight is 683 g/mol. The molecule has 262 valence electrons. The molecule has 13 heteroatoms. The number of aromatic hydroxyl groups is 1. The molecule has 0 heterocycles. The van der Waals surface area contributed by atoms with Crippen LogP contribution >= 0.6 is 0 Å². The highest BCUT2D eigenvalue weighted by atomic mass is 19.4. The lowest BCUT2D eigenvalue weighted by molar-refractivity contribution is -0.457. The minimum absolute atomic E-state index is 0.0479. The maximum absolute atomic E-state index is 13.2. The number of benzene rings is 2. The van der Waals surface area contributed by atoms with Gasteiger partial charge in [-0.25, -0.2) is 0 Å². The van der Waals surface area contributed by atoms with E-state index in [-0.39, 0.29) is 29.9 Å². The van der Waals surface area contributed by atoms with E-state index in [4.69, 9.17) is 9.47 Å². The highest BCUT2D eigenvalue weighted by molar-refractivity contribution is 5.41. The highest BCUT2D eigenvalue weighted by Crippen LogP contribution is 2.64. The number of fused-ring (bicyclic) bond motifs is 5. The molecule has 1 N–H and O–H groups in total. The molecule has 2 saturated carbocycles. The van der Waals surface area contributed by atoms with E-state index in [0.29, 0.717) is 43.1 Å². The van der Waals surface area contributed by atoms with E-state index in [2.05, 4.69) is 23.8 Å². The lowest BCUT2D eigenvalue weighted by Gasteiger charge is -2.51. The monoisotopic (exact) mass is 682 g/mol. The number of alkyl halides is 9. The third kappa shape index (κ3) is 6.87. The molecule has 2 aromatic carbocycles. The summed E-state index contributed by atoms with van der Waals surface area (Å²) in [6.07, 6.45) is -14.1. The summed E-state index contributed by atoms with van der Waals surface area (Å²) in [7, 11) is 0. The number of unbranched alkanes of at least 4 members (excludes halogenated alkanes) is 1. The van der Waals surface area contributed by atoms with Crippen molar-refractivity contribution in [1.82, 2.24) is 0 Å². The Morgan fingerprint density at radius 1 is 0.745 bits per heavy atom. The van der Waals surface area contributed by atoms with E-state index in [1.165, 1.54) is 11.1 Å². The zero-order valence-corrected chi connectivity index (χ0v) is 25.9. The SMILES string of the molecule is C[C@]12CC[C@@H]3c4ccc(OCCOc5ccc(O)cc5)cc4CC[C@H]3[C@@H]1CC[C@@H]2CCCCOC(C(F)(F)F)(C(F)(F)F)C(F)(F)F. The van der Waals surface area contributed by atoms with Crippen molar-refractivity contribution >= 4 is 0 Å². The number of halogens is 9. The van der Waals surface area contributed by atoms with Gasteiger partial charge < -0.3 is 19.3 Å². The Morgan fingerprint density at radius 3 is 2.00 bits per heavy atom. The predicted molar refractivity (Wildman–Crippen MR) is 154 cm³/mol. The fraction of sp³-hybridized carbons (Fsp3) is 0.647. The largest absolute Gasteiger partial charge is 0.508 e. The van der Waals surface area contributed by atoms with E-state index in [1.54, 1.807) is 24.3 Å². The summed E-state index contributed by atoms with van der Waals surface area (Å²) in [4.78, 5) is 0. The van der Waals surface area contributed by atoms with Gasteiger partial charge in [-0.05, 0) is 128 Å². The van der Waals surface area contributed by atoms with Gasteiger partial charge in [0.25, 0.3) is 0 Å². The first kappa shape index (κ1) is 35.5. The molecule has 3 aliphatic rings. The van der Waals surface area contributed by atoms with Gasteiger partial charge in [0.15, 0.2) is 0 Å². The first-order chi connectivity index (χ1) is 22.0. The summed E-state index contributed by atoms with van der Waals surface area (Å²) in [6.45, 7) is 1.62. The second-order valence-corrected chi connectivity index (χ2v) is 13.3. The van der Waals surface area contributed by atoms with Gasteiger partial charge in [-0.2, -0.15) is 39.5 Å². The zero-order chi connectivity index (χ0) is 34.3. The lowest BCUT2D eigenvalue weighted by atomic mass is 9.54. The Balaban J connectivity index is 1.13. The minimum Gasteiger partial charge on any atom is -0.508 e. The van der Waals surface area contributed by atoms with Crippen molar-refractivity contribution in [2.24, 2.45) is 23.2 Å². The van der Waals surface area contributed by atoms with E-state index in [0.717, 1.165) is 44.3 Å². The van der Waals surface area contributed by atoms with Gasteiger partial charge in [0.05, 0.1) is 0 Å². The molecule has 0 amide bonds. The summed E-state index contributed by atoms with van der Waals surface area (Å²) in [5.74, 6) is 2.99. The van der Waals surface area contributed by atoms with E-state index in [1.807, 2.05) is 6.07 Å². The van der Waals surface area contributed by atoms with Gasteiger partial charge >= 0.3 is 24.1 Å². The fourth-order valence-electron chi connectivity index (χ4n) is 8.54. The maximum atomic E-state index is 13.2. The third-order valence-corrected chi connectivity index (χ3v) is 10.8. The standard InChI is InChI=1S/C34H39F9O4/c1-30-16-15-27-26-13-11-25(46-19-18-45-24-9-7-23(44)8-10-24)20-21(26)5-12-28(27)29(30)14-6-22(30)4-2-3-17-47-31(32(35,36)37,33(38,39)40)34(41,42)43/h7-11,13,20,22,27-29,44H,2-6,12,14-19H2,1H3/t22-,27+,28+,29-,30+/m0/s1. The van der Waals surface area contributed by atoms with Crippen LogP contribution in [0.4, 0.5) is 39.5 Å². The predicted octanol–water partition coefficient (Wildman–Crippen LogP) is 9.93. The van der Waals surface area contributed by atoms with Crippen molar-refractivity contribution < 1.29 is 58.8 Å². The Kier molecular flexibility index (Phi) is 9.99. The number of ether oxygens (including phenoxy) is 3. The third-order valence-electron chi connectivity index (χ3n) is 10.8.